The van der Waals surface area contributed by atoms with Crippen molar-refractivity contribution in [2.45, 2.75) is 19.3 Å². The maximum atomic E-state index is 12.2. The predicted octanol–water partition coefficient (Wildman–Crippen LogP) is 1.58. The van der Waals surface area contributed by atoms with Gasteiger partial charge in [-0.15, -0.1) is 0 Å². The summed E-state index contributed by atoms with van der Waals surface area (Å²) in [5.74, 6) is -4.99. The molecule has 0 aliphatic rings. The summed E-state index contributed by atoms with van der Waals surface area (Å²) in [6.45, 7) is 0.151. The number of carbonyl (C=O) groups is 1. The van der Waals surface area contributed by atoms with Gasteiger partial charge in [-0.1, -0.05) is 6.08 Å². The first-order chi connectivity index (χ1) is 5.90. The molecule has 0 aliphatic carbocycles. The monoisotopic (exact) mass is 199 g/mol. The van der Waals surface area contributed by atoms with Gasteiger partial charge in [0.25, 0.3) is 0 Å². The van der Waals surface area contributed by atoms with Crippen LogP contribution in [0.4, 0.5) is 17.6 Å². The fourth-order valence-corrected chi connectivity index (χ4v) is 0.492. The van der Waals surface area contributed by atoms with Crippen LogP contribution < -0.4 is 5.32 Å². The first-order valence-electron chi connectivity index (χ1n) is 3.46. The van der Waals surface area contributed by atoms with Crippen LogP contribution in [0.15, 0.2) is 12.2 Å². The second kappa shape index (κ2) is 4.84. The van der Waals surface area contributed by atoms with Gasteiger partial charge in [-0.05, 0) is 13.0 Å². The Morgan fingerprint density at radius 1 is 1.54 bits per heavy atom. The van der Waals surface area contributed by atoms with Gasteiger partial charge in [-0.3, -0.25) is 4.79 Å². The Morgan fingerprint density at radius 3 is 2.46 bits per heavy atom. The van der Waals surface area contributed by atoms with Crippen molar-refractivity contribution in [2.24, 2.45) is 0 Å². The third-order valence-corrected chi connectivity index (χ3v) is 1.14. The summed E-state index contributed by atoms with van der Waals surface area (Å²) in [6.07, 6.45) is -1.48. The fraction of sp³-hybridized carbons (Fsp3) is 0.571. The first-order valence-corrected chi connectivity index (χ1v) is 3.46. The summed E-state index contributed by atoms with van der Waals surface area (Å²) in [4.78, 5) is 10.5. The molecule has 0 saturated carbocycles. The SMILES string of the molecule is C/C=C/C(=O)NCC(F)(F)C(F)F. The van der Waals surface area contributed by atoms with E-state index in [0.717, 1.165) is 6.08 Å². The number of hydrogen-bond acceptors (Lipinski definition) is 1. The van der Waals surface area contributed by atoms with Crippen LogP contribution in [0.2, 0.25) is 0 Å². The van der Waals surface area contributed by atoms with Crippen molar-refractivity contribution < 1.29 is 22.4 Å². The summed E-state index contributed by atoms with van der Waals surface area (Å²) >= 11 is 0. The molecule has 0 bridgehead atoms. The van der Waals surface area contributed by atoms with E-state index in [-0.39, 0.29) is 0 Å². The number of halogens is 4. The highest BCUT2D eigenvalue weighted by atomic mass is 19.3. The van der Waals surface area contributed by atoms with Crippen molar-refractivity contribution in [1.29, 1.82) is 0 Å². The van der Waals surface area contributed by atoms with Crippen molar-refractivity contribution in [3.63, 3.8) is 0 Å². The molecule has 1 N–H and O–H groups in total. The van der Waals surface area contributed by atoms with Crippen LogP contribution in [-0.4, -0.2) is 24.8 Å². The van der Waals surface area contributed by atoms with E-state index < -0.39 is 24.8 Å². The molecular weight excluding hydrogens is 190 g/mol. The Kier molecular flexibility index (Phi) is 4.44. The summed E-state index contributed by atoms with van der Waals surface area (Å²) in [5.41, 5.74) is 0. The van der Waals surface area contributed by atoms with Crippen molar-refractivity contribution in [3.05, 3.63) is 12.2 Å². The molecule has 0 aliphatic heterocycles. The number of alkyl halides is 4. The highest BCUT2D eigenvalue weighted by molar-refractivity contribution is 5.87. The zero-order valence-corrected chi connectivity index (χ0v) is 6.86. The van der Waals surface area contributed by atoms with Crippen LogP contribution in [0.5, 0.6) is 0 Å². The van der Waals surface area contributed by atoms with Crippen molar-refractivity contribution in [1.82, 2.24) is 5.32 Å². The van der Waals surface area contributed by atoms with Crippen LogP contribution in [-0.2, 0) is 4.79 Å². The number of nitrogens with one attached hydrogen (secondary N) is 1. The number of amides is 1. The molecule has 0 heterocycles. The van der Waals surface area contributed by atoms with E-state index in [2.05, 4.69) is 0 Å². The zero-order chi connectivity index (χ0) is 10.5. The van der Waals surface area contributed by atoms with E-state index in [1.807, 2.05) is 0 Å². The van der Waals surface area contributed by atoms with Gasteiger partial charge in [0.2, 0.25) is 5.91 Å². The van der Waals surface area contributed by atoms with Gasteiger partial charge >= 0.3 is 12.3 Å². The fourth-order valence-electron chi connectivity index (χ4n) is 0.492. The molecule has 1 amide bonds. The van der Waals surface area contributed by atoms with Crippen molar-refractivity contribution in [3.8, 4) is 0 Å². The van der Waals surface area contributed by atoms with Crippen LogP contribution in [0.3, 0.4) is 0 Å². The summed E-state index contributed by atoms with van der Waals surface area (Å²) in [7, 11) is 0. The molecule has 0 aromatic carbocycles. The second-order valence-corrected chi connectivity index (χ2v) is 2.28. The highest BCUT2D eigenvalue weighted by Crippen LogP contribution is 2.21. The Morgan fingerprint density at radius 2 is 2.08 bits per heavy atom. The molecule has 0 atom stereocenters. The van der Waals surface area contributed by atoms with Gasteiger partial charge in [0.15, 0.2) is 0 Å². The standard InChI is InChI=1S/C7H9F4NO/c1-2-3-5(13)12-4-7(10,11)6(8)9/h2-3,6H,4H2,1H3,(H,12,13)/b3-2+. The molecule has 13 heavy (non-hydrogen) atoms. The number of carbonyl (C=O) groups excluding carboxylic acids is 1. The van der Waals surface area contributed by atoms with Crippen LogP contribution >= 0.6 is 0 Å². The molecule has 0 fully saturated rings. The number of rotatable bonds is 4. The maximum absolute atomic E-state index is 12.2. The predicted molar refractivity (Wildman–Crippen MR) is 38.8 cm³/mol. The summed E-state index contributed by atoms with van der Waals surface area (Å²) < 4.78 is 47.4. The molecule has 2 nitrogen and oxygen atoms in total. The van der Waals surface area contributed by atoms with Crippen LogP contribution in [0.25, 0.3) is 0 Å². The Bertz CT molecular complexity index is 203. The van der Waals surface area contributed by atoms with Gasteiger partial charge in [-0.2, -0.15) is 8.78 Å². The molecule has 0 rings (SSSR count). The van der Waals surface area contributed by atoms with E-state index in [1.54, 1.807) is 5.32 Å². The maximum Gasteiger partial charge on any atom is 0.324 e. The lowest BCUT2D eigenvalue weighted by molar-refractivity contribution is -0.134. The molecule has 0 aromatic rings. The lowest BCUT2D eigenvalue weighted by atomic mass is 10.3. The van der Waals surface area contributed by atoms with Crippen LogP contribution in [0.1, 0.15) is 6.92 Å². The first kappa shape index (κ1) is 11.9. The van der Waals surface area contributed by atoms with E-state index in [9.17, 15) is 22.4 Å². The number of hydrogen-bond donors (Lipinski definition) is 1. The normalized spacial score (nSPS) is 12.5. The van der Waals surface area contributed by atoms with E-state index in [0.29, 0.717) is 0 Å². The minimum atomic E-state index is -4.17. The molecule has 0 radical (unpaired) electrons. The average Bonchev–Trinajstić information content (AvgIpc) is 2.01. The quantitative estimate of drug-likeness (QED) is 0.540. The molecule has 6 heteroatoms. The summed E-state index contributed by atoms with van der Waals surface area (Å²) in [5, 5.41) is 1.65. The molecule has 0 aromatic heterocycles. The van der Waals surface area contributed by atoms with Crippen molar-refractivity contribution in [2.75, 3.05) is 6.54 Å². The minimum absolute atomic E-state index is 0.817. The topological polar surface area (TPSA) is 29.1 Å². The lowest BCUT2D eigenvalue weighted by Crippen LogP contribution is -2.40. The highest BCUT2D eigenvalue weighted by Gasteiger charge is 2.40. The third-order valence-electron chi connectivity index (χ3n) is 1.14. The number of allylic oxidation sites excluding steroid dienone is 1. The largest absolute Gasteiger partial charge is 0.346 e. The average molecular weight is 199 g/mol. The van der Waals surface area contributed by atoms with E-state index >= 15 is 0 Å². The second-order valence-electron chi connectivity index (χ2n) is 2.28. The third kappa shape index (κ3) is 4.49. The molecule has 0 unspecified atom stereocenters. The van der Waals surface area contributed by atoms with Gasteiger partial charge in [0.05, 0.1) is 6.54 Å². The molecule has 0 saturated heterocycles. The van der Waals surface area contributed by atoms with Crippen LogP contribution in [0, 0.1) is 0 Å². The summed E-state index contributed by atoms with van der Waals surface area (Å²) in [6, 6.07) is 0. The molecule has 0 spiro atoms. The Hall–Kier alpha value is -1.07. The van der Waals surface area contributed by atoms with E-state index in [1.165, 1.54) is 13.0 Å². The van der Waals surface area contributed by atoms with Gasteiger partial charge in [-0.25, -0.2) is 8.78 Å². The Labute approximate surface area is 72.6 Å². The molecular formula is C7H9F4NO. The van der Waals surface area contributed by atoms with Gasteiger partial charge in [0.1, 0.15) is 0 Å². The smallest absolute Gasteiger partial charge is 0.324 e. The van der Waals surface area contributed by atoms with Gasteiger partial charge in [0, 0.05) is 0 Å². The lowest BCUT2D eigenvalue weighted by Gasteiger charge is -2.14. The minimum Gasteiger partial charge on any atom is -0.346 e. The Balaban J connectivity index is 3.95. The molecule has 76 valence electrons. The van der Waals surface area contributed by atoms with Gasteiger partial charge < -0.3 is 5.32 Å². The van der Waals surface area contributed by atoms with E-state index in [4.69, 9.17) is 0 Å². The van der Waals surface area contributed by atoms with Crippen molar-refractivity contribution >= 4 is 5.91 Å². The zero-order valence-electron chi connectivity index (χ0n) is 6.86.